The molecule has 3 fully saturated rings. The molecule has 1 aliphatic carbocycles. The van der Waals surface area contributed by atoms with Crippen molar-refractivity contribution in [2.45, 2.75) is 75.2 Å². The molecule has 0 bridgehead atoms. The van der Waals surface area contributed by atoms with Crippen LogP contribution in [0.25, 0.3) is 0 Å². The minimum atomic E-state index is -4.98. The Morgan fingerprint density at radius 2 is 1.46 bits per heavy atom. The number of hydrogen-bond acceptors (Lipinski definition) is 5. The van der Waals surface area contributed by atoms with E-state index in [4.69, 9.17) is 9.47 Å². The summed E-state index contributed by atoms with van der Waals surface area (Å²) in [7, 11) is 3.10. The molecule has 0 spiro atoms. The number of benzene rings is 2. The van der Waals surface area contributed by atoms with Crippen LogP contribution in [0, 0.1) is 0 Å². The summed E-state index contributed by atoms with van der Waals surface area (Å²) in [6.07, 6.45) is -2.72. The highest BCUT2D eigenvalue weighted by Gasteiger charge is 2.43. The Hall–Kier alpha value is -2.99. The van der Waals surface area contributed by atoms with Crippen LogP contribution < -0.4 is 9.47 Å². The molecule has 1 saturated carbocycles. The normalized spacial score (nSPS) is 22.3. The maximum atomic E-state index is 13.5. The number of likely N-dealkylation sites (tertiary alicyclic amines) is 1. The van der Waals surface area contributed by atoms with Crippen molar-refractivity contribution in [2.75, 3.05) is 60.0 Å². The third kappa shape index (κ3) is 7.93. The third-order valence-electron chi connectivity index (χ3n) is 10.1. The molecule has 12 heteroatoms. The highest BCUT2D eigenvalue weighted by atomic mass is 19.4. The van der Waals surface area contributed by atoms with Gasteiger partial charge in [0.25, 0.3) is 0 Å². The second-order valence-corrected chi connectivity index (χ2v) is 12.9. The molecule has 46 heavy (non-hydrogen) atoms. The minimum Gasteiger partial charge on any atom is -0.493 e. The van der Waals surface area contributed by atoms with Gasteiger partial charge in [0.05, 0.1) is 31.8 Å². The number of nitrogens with zero attached hydrogens (tertiary/aromatic N) is 3. The Morgan fingerprint density at radius 1 is 0.826 bits per heavy atom. The van der Waals surface area contributed by atoms with Crippen LogP contribution in [0.2, 0.25) is 0 Å². The van der Waals surface area contributed by atoms with Crippen LogP contribution in [0.4, 0.5) is 26.3 Å². The highest BCUT2D eigenvalue weighted by Crippen LogP contribution is 2.42. The molecule has 0 radical (unpaired) electrons. The number of alkyl halides is 6. The SMILES string of the molecule is COc1ccc([C@]2(CCN3CCN(C4CCCCC4)CC3)CCN(C(=O)Cc3cc(C(F)(F)F)cc(C(F)(F)F)c3)C2)cc1OC. The number of carbonyl (C=O) groups is 1. The maximum Gasteiger partial charge on any atom is 0.416 e. The van der Waals surface area contributed by atoms with Crippen molar-refractivity contribution in [1.82, 2.24) is 14.7 Å². The van der Waals surface area contributed by atoms with Gasteiger partial charge >= 0.3 is 12.4 Å². The predicted octanol–water partition coefficient (Wildman–Crippen LogP) is 6.79. The number of amides is 1. The van der Waals surface area contributed by atoms with Crippen molar-refractivity contribution < 1.29 is 40.6 Å². The number of rotatable bonds is 9. The van der Waals surface area contributed by atoms with Crippen LogP contribution in [-0.2, 0) is 29.0 Å². The fourth-order valence-electron chi connectivity index (χ4n) is 7.41. The Kier molecular flexibility index (Phi) is 10.5. The summed E-state index contributed by atoms with van der Waals surface area (Å²) in [5.41, 5.74) is -2.67. The van der Waals surface area contributed by atoms with Crippen molar-refractivity contribution in [3.05, 3.63) is 58.7 Å². The van der Waals surface area contributed by atoms with Gasteiger partial charge in [-0.15, -0.1) is 0 Å². The molecular weight excluding hydrogens is 612 g/mol. The lowest BCUT2D eigenvalue weighted by molar-refractivity contribution is -0.143. The third-order valence-corrected chi connectivity index (χ3v) is 10.1. The lowest BCUT2D eigenvalue weighted by Crippen LogP contribution is -2.51. The molecule has 2 heterocycles. The van der Waals surface area contributed by atoms with Crippen molar-refractivity contribution in [1.29, 1.82) is 0 Å². The van der Waals surface area contributed by atoms with Gasteiger partial charge in [-0.25, -0.2) is 0 Å². The molecule has 2 aromatic rings. The first-order valence-electron chi connectivity index (χ1n) is 16.1. The van der Waals surface area contributed by atoms with Crippen LogP contribution in [0.5, 0.6) is 11.5 Å². The van der Waals surface area contributed by atoms with E-state index in [0.717, 1.165) is 44.7 Å². The van der Waals surface area contributed by atoms with E-state index < -0.39 is 41.2 Å². The van der Waals surface area contributed by atoms with E-state index in [9.17, 15) is 31.1 Å². The molecule has 0 N–H and O–H groups in total. The van der Waals surface area contributed by atoms with E-state index in [-0.39, 0.29) is 11.6 Å². The average Bonchev–Trinajstić information content (AvgIpc) is 3.49. The number of piperazine rings is 1. The molecule has 254 valence electrons. The molecule has 6 nitrogen and oxygen atoms in total. The first kappa shape index (κ1) is 34.3. The van der Waals surface area contributed by atoms with E-state index in [1.54, 1.807) is 19.1 Å². The average molecular weight is 656 g/mol. The number of hydrogen-bond donors (Lipinski definition) is 0. The Labute approximate surface area is 266 Å². The summed E-state index contributed by atoms with van der Waals surface area (Å²) in [5, 5.41) is 0. The van der Waals surface area contributed by atoms with Crippen LogP contribution in [0.15, 0.2) is 36.4 Å². The van der Waals surface area contributed by atoms with Gasteiger partial charge in [0.2, 0.25) is 5.91 Å². The fraction of sp³-hybridized carbons (Fsp3) is 0.618. The van der Waals surface area contributed by atoms with Gasteiger partial charge < -0.3 is 19.3 Å². The van der Waals surface area contributed by atoms with Gasteiger partial charge in [-0.05, 0) is 73.7 Å². The van der Waals surface area contributed by atoms with Crippen LogP contribution in [0.3, 0.4) is 0 Å². The van der Waals surface area contributed by atoms with E-state index >= 15 is 0 Å². The molecule has 0 unspecified atom stereocenters. The topological polar surface area (TPSA) is 45.2 Å². The first-order chi connectivity index (χ1) is 21.8. The van der Waals surface area contributed by atoms with Crippen molar-refractivity contribution in [3.63, 3.8) is 0 Å². The van der Waals surface area contributed by atoms with E-state index in [1.165, 1.54) is 32.1 Å². The van der Waals surface area contributed by atoms with Gasteiger partial charge in [-0.3, -0.25) is 9.69 Å². The van der Waals surface area contributed by atoms with Gasteiger partial charge in [-0.2, -0.15) is 26.3 Å². The van der Waals surface area contributed by atoms with Crippen molar-refractivity contribution >= 4 is 5.91 Å². The summed E-state index contributed by atoms with van der Waals surface area (Å²) in [4.78, 5) is 20.1. The lowest BCUT2D eigenvalue weighted by Gasteiger charge is -2.42. The zero-order valence-corrected chi connectivity index (χ0v) is 26.5. The largest absolute Gasteiger partial charge is 0.493 e. The molecule has 1 amide bonds. The molecule has 2 aliphatic heterocycles. The van der Waals surface area contributed by atoms with E-state index in [1.807, 2.05) is 18.2 Å². The smallest absolute Gasteiger partial charge is 0.416 e. The number of carbonyl (C=O) groups excluding carboxylic acids is 1. The van der Waals surface area contributed by atoms with Gasteiger partial charge in [0.1, 0.15) is 0 Å². The number of methoxy groups -OCH3 is 2. The quantitative estimate of drug-likeness (QED) is 0.279. The Balaban J connectivity index is 1.32. The summed E-state index contributed by atoms with van der Waals surface area (Å²) < 4.78 is 91.7. The van der Waals surface area contributed by atoms with E-state index in [2.05, 4.69) is 9.80 Å². The summed E-state index contributed by atoms with van der Waals surface area (Å²) in [6, 6.07) is 7.73. The first-order valence-corrected chi connectivity index (χ1v) is 16.1. The molecule has 2 saturated heterocycles. The zero-order chi connectivity index (χ0) is 33.1. The highest BCUT2D eigenvalue weighted by molar-refractivity contribution is 5.79. The standard InChI is InChI=1S/C34H43F6N3O3/c1-45-29-9-8-25(22-30(29)46-2)32(10-12-41-14-16-42(17-15-41)28-6-4-3-5-7-28)11-13-43(23-32)31(44)20-24-18-26(33(35,36)37)21-27(19-24)34(38,39)40/h8-9,18-19,21-22,28H,3-7,10-17,20,23H2,1-2H3/t32-/m1/s1. The zero-order valence-electron chi connectivity index (χ0n) is 26.5. The number of halogens is 6. The molecule has 1 atom stereocenters. The molecular formula is C34H43F6N3O3. The monoisotopic (exact) mass is 655 g/mol. The number of ether oxygens (including phenoxy) is 2. The minimum absolute atomic E-state index is 0.0842. The van der Waals surface area contributed by atoms with Crippen LogP contribution in [0.1, 0.15) is 67.2 Å². The maximum absolute atomic E-state index is 13.5. The van der Waals surface area contributed by atoms with Crippen LogP contribution >= 0.6 is 0 Å². The lowest BCUT2D eigenvalue weighted by atomic mass is 9.76. The second kappa shape index (κ2) is 14.0. The molecule has 0 aromatic heterocycles. The van der Waals surface area contributed by atoms with Crippen molar-refractivity contribution in [2.24, 2.45) is 0 Å². The Bertz CT molecular complexity index is 1320. The van der Waals surface area contributed by atoms with Gasteiger partial charge in [0.15, 0.2) is 11.5 Å². The second-order valence-electron chi connectivity index (χ2n) is 12.9. The van der Waals surface area contributed by atoms with Crippen molar-refractivity contribution in [3.8, 4) is 11.5 Å². The summed E-state index contributed by atoms with van der Waals surface area (Å²) >= 11 is 0. The summed E-state index contributed by atoms with van der Waals surface area (Å²) in [6.45, 7) is 5.40. The molecule has 2 aromatic carbocycles. The fourth-order valence-corrected chi connectivity index (χ4v) is 7.41. The van der Waals surface area contributed by atoms with E-state index in [0.29, 0.717) is 49.2 Å². The predicted molar refractivity (Wildman–Crippen MR) is 162 cm³/mol. The molecule has 5 rings (SSSR count). The summed E-state index contributed by atoms with van der Waals surface area (Å²) in [5.74, 6) is 0.612. The molecule has 3 aliphatic rings. The van der Waals surface area contributed by atoms with Gasteiger partial charge in [0, 0.05) is 50.7 Å². The van der Waals surface area contributed by atoms with Gasteiger partial charge in [-0.1, -0.05) is 25.3 Å². The Morgan fingerprint density at radius 3 is 2.04 bits per heavy atom. The van der Waals surface area contributed by atoms with Crippen LogP contribution in [-0.4, -0.2) is 86.7 Å².